The van der Waals surface area contributed by atoms with Crippen molar-refractivity contribution in [3.05, 3.63) is 53.6 Å². The zero-order chi connectivity index (χ0) is 16.7. The van der Waals surface area contributed by atoms with Crippen molar-refractivity contribution in [3.63, 3.8) is 0 Å². The van der Waals surface area contributed by atoms with Crippen LogP contribution in [0.1, 0.15) is 11.1 Å². The lowest BCUT2D eigenvalue weighted by atomic mass is 10.2. The zero-order valence-corrected chi connectivity index (χ0v) is 12.9. The molecule has 0 radical (unpaired) electrons. The summed E-state index contributed by atoms with van der Waals surface area (Å²) >= 11 is 0. The third-order valence-electron chi connectivity index (χ3n) is 3.17. The minimum atomic E-state index is -0.262. The molecule has 23 heavy (non-hydrogen) atoms. The van der Waals surface area contributed by atoms with E-state index in [1.54, 1.807) is 18.2 Å². The van der Waals surface area contributed by atoms with Crippen molar-refractivity contribution in [1.29, 1.82) is 0 Å². The van der Waals surface area contributed by atoms with E-state index in [2.05, 4.69) is 10.5 Å². The molecule has 0 spiro atoms. The SMILES string of the molecule is COc1cc(/C=N/O)ccc1OCC(=O)Nc1ccccc1C. The van der Waals surface area contributed by atoms with Gasteiger partial charge in [0.1, 0.15) is 0 Å². The van der Waals surface area contributed by atoms with Gasteiger partial charge in [-0.3, -0.25) is 4.79 Å². The number of oxime groups is 1. The number of methoxy groups -OCH3 is 1. The summed E-state index contributed by atoms with van der Waals surface area (Å²) in [6.07, 6.45) is 1.27. The third kappa shape index (κ3) is 4.47. The van der Waals surface area contributed by atoms with Crippen LogP contribution in [0.5, 0.6) is 11.5 Å². The van der Waals surface area contributed by atoms with Gasteiger partial charge in [0, 0.05) is 11.3 Å². The lowest BCUT2D eigenvalue weighted by Gasteiger charge is -2.12. The molecule has 0 heterocycles. The molecule has 0 unspecified atom stereocenters. The van der Waals surface area contributed by atoms with Crippen LogP contribution < -0.4 is 14.8 Å². The second-order valence-electron chi connectivity index (χ2n) is 4.81. The van der Waals surface area contributed by atoms with Crippen LogP contribution in [0, 0.1) is 6.92 Å². The van der Waals surface area contributed by atoms with E-state index in [9.17, 15) is 4.79 Å². The Labute approximate surface area is 134 Å². The van der Waals surface area contributed by atoms with Crippen molar-refractivity contribution in [1.82, 2.24) is 0 Å². The molecule has 6 heteroatoms. The van der Waals surface area contributed by atoms with Gasteiger partial charge in [-0.2, -0.15) is 0 Å². The number of hydrogen-bond donors (Lipinski definition) is 2. The summed E-state index contributed by atoms with van der Waals surface area (Å²) < 4.78 is 10.7. The summed E-state index contributed by atoms with van der Waals surface area (Å²) in [6, 6.07) is 12.5. The lowest BCUT2D eigenvalue weighted by Crippen LogP contribution is -2.20. The Balaban J connectivity index is 2.00. The highest BCUT2D eigenvalue weighted by molar-refractivity contribution is 5.92. The molecule has 2 N–H and O–H groups in total. The number of carbonyl (C=O) groups excluding carboxylic acids is 1. The van der Waals surface area contributed by atoms with Crippen LogP contribution in [0.4, 0.5) is 5.69 Å². The molecule has 0 saturated carbocycles. The number of amides is 1. The van der Waals surface area contributed by atoms with E-state index in [4.69, 9.17) is 14.7 Å². The van der Waals surface area contributed by atoms with Gasteiger partial charge in [0.2, 0.25) is 0 Å². The van der Waals surface area contributed by atoms with Gasteiger partial charge in [0.05, 0.1) is 13.3 Å². The maximum atomic E-state index is 12.0. The van der Waals surface area contributed by atoms with Crippen LogP contribution in [0.3, 0.4) is 0 Å². The molecule has 0 saturated heterocycles. The van der Waals surface area contributed by atoms with E-state index in [1.807, 2.05) is 31.2 Å². The highest BCUT2D eigenvalue weighted by Crippen LogP contribution is 2.27. The van der Waals surface area contributed by atoms with E-state index >= 15 is 0 Å². The summed E-state index contributed by atoms with van der Waals surface area (Å²) in [5.74, 6) is 0.621. The summed E-state index contributed by atoms with van der Waals surface area (Å²) in [7, 11) is 1.50. The molecule has 1 amide bonds. The molecule has 2 aromatic rings. The van der Waals surface area contributed by atoms with Crippen LogP contribution >= 0.6 is 0 Å². The molecule has 0 atom stereocenters. The first-order valence-electron chi connectivity index (χ1n) is 6.98. The van der Waals surface area contributed by atoms with Crippen LogP contribution in [0.25, 0.3) is 0 Å². The number of nitrogens with one attached hydrogen (secondary N) is 1. The van der Waals surface area contributed by atoms with Crippen molar-refractivity contribution >= 4 is 17.8 Å². The fourth-order valence-electron chi connectivity index (χ4n) is 1.99. The topological polar surface area (TPSA) is 80.2 Å². The molecule has 120 valence electrons. The molecule has 0 aliphatic carbocycles. The first kappa shape index (κ1) is 16.4. The summed E-state index contributed by atoms with van der Waals surface area (Å²) in [6.45, 7) is 1.78. The maximum Gasteiger partial charge on any atom is 0.262 e. The largest absolute Gasteiger partial charge is 0.493 e. The fourth-order valence-corrected chi connectivity index (χ4v) is 1.99. The molecule has 0 fully saturated rings. The smallest absolute Gasteiger partial charge is 0.262 e. The fraction of sp³-hybridized carbons (Fsp3) is 0.176. The lowest BCUT2D eigenvalue weighted by molar-refractivity contribution is -0.118. The summed E-state index contributed by atoms with van der Waals surface area (Å²) in [4.78, 5) is 12.0. The van der Waals surface area contributed by atoms with Crippen LogP contribution in [0.15, 0.2) is 47.6 Å². The number of nitrogens with zero attached hydrogens (tertiary/aromatic N) is 1. The van der Waals surface area contributed by atoms with Crippen LogP contribution in [-0.4, -0.2) is 31.0 Å². The quantitative estimate of drug-likeness (QED) is 0.488. The van der Waals surface area contributed by atoms with Crippen molar-refractivity contribution < 1.29 is 19.5 Å². The third-order valence-corrected chi connectivity index (χ3v) is 3.17. The Morgan fingerprint density at radius 1 is 1.26 bits per heavy atom. The molecule has 2 rings (SSSR count). The normalized spacial score (nSPS) is 10.5. The zero-order valence-electron chi connectivity index (χ0n) is 12.9. The van der Waals surface area contributed by atoms with Gasteiger partial charge in [0.25, 0.3) is 5.91 Å². The number of benzene rings is 2. The van der Waals surface area contributed by atoms with Gasteiger partial charge in [-0.1, -0.05) is 23.4 Å². The van der Waals surface area contributed by atoms with E-state index in [1.165, 1.54) is 13.3 Å². The van der Waals surface area contributed by atoms with Gasteiger partial charge in [-0.15, -0.1) is 0 Å². The number of ether oxygens (including phenoxy) is 2. The molecule has 6 nitrogen and oxygen atoms in total. The minimum absolute atomic E-state index is 0.141. The molecule has 0 aliphatic heterocycles. The Bertz CT molecular complexity index is 713. The molecule has 0 bridgehead atoms. The van der Waals surface area contributed by atoms with Crippen LogP contribution in [0.2, 0.25) is 0 Å². The maximum absolute atomic E-state index is 12.0. The highest BCUT2D eigenvalue weighted by Gasteiger charge is 2.09. The Morgan fingerprint density at radius 2 is 2.04 bits per heavy atom. The van der Waals surface area contributed by atoms with E-state index < -0.39 is 0 Å². The molecular formula is C17H18N2O4. The predicted molar refractivity (Wildman–Crippen MR) is 87.7 cm³/mol. The number of para-hydroxylation sites is 1. The van der Waals surface area contributed by atoms with E-state index in [0.29, 0.717) is 17.1 Å². The number of anilines is 1. The summed E-state index contributed by atoms with van der Waals surface area (Å²) in [5, 5.41) is 14.3. The van der Waals surface area contributed by atoms with Gasteiger partial charge >= 0.3 is 0 Å². The molecular weight excluding hydrogens is 296 g/mol. The Hall–Kier alpha value is -3.02. The van der Waals surface area contributed by atoms with Crippen molar-refractivity contribution in [2.75, 3.05) is 19.0 Å². The van der Waals surface area contributed by atoms with Crippen molar-refractivity contribution in [3.8, 4) is 11.5 Å². The van der Waals surface area contributed by atoms with Gasteiger partial charge in [-0.05, 0) is 36.8 Å². The van der Waals surface area contributed by atoms with Gasteiger partial charge < -0.3 is 20.0 Å². The van der Waals surface area contributed by atoms with E-state index in [0.717, 1.165) is 11.3 Å². The Kier molecular flexibility index (Phi) is 5.57. The number of carbonyl (C=O) groups is 1. The molecule has 2 aromatic carbocycles. The van der Waals surface area contributed by atoms with E-state index in [-0.39, 0.29) is 12.5 Å². The second-order valence-corrected chi connectivity index (χ2v) is 4.81. The number of rotatable bonds is 6. The second kappa shape index (κ2) is 7.84. The average molecular weight is 314 g/mol. The molecule has 0 aliphatic rings. The summed E-state index contributed by atoms with van der Waals surface area (Å²) in [5.41, 5.74) is 2.38. The number of aryl methyl sites for hydroxylation is 1. The predicted octanol–water partition coefficient (Wildman–Crippen LogP) is 2.83. The van der Waals surface area contributed by atoms with Crippen molar-refractivity contribution in [2.24, 2.45) is 5.16 Å². The van der Waals surface area contributed by atoms with Gasteiger partial charge in [-0.25, -0.2) is 0 Å². The minimum Gasteiger partial charge on any atom is -0.493 e. The standard InChI is InChI=1S/C17H18N2O4/c1-12-5-3-4-6-14(12)19-17(20)11-23-15-8-7-13(10-18-21)9-16(15)22-2/h3-10,21H,11H2,1-2H3,(H,19,20)/b18-10+. The highest BCUT2D eigenvalue weighted by atomic mass is 16.5. The number of hydrogen-bond acceptors (Lipinski definition) is 5. The average Bonchev–Trinajstić information content (AvgIpc) is 2.56. The van der Waals surface area contributed by atoms with Crippen molar-refractivity contribution in [2.45, 2.75) is 6.92 Å². The first-order chi connectivity index (χ1) is 11.1. The Morgan fingerprint density at radius 3 is 2.74 bits per heavy atom. The monoisotopic (exact) mass is 314 g/mol. The first-order valence-corrected chi connectivity index (χ1v) is 6.98. The van der Waals surface area contributed by atoms with Crippen LogP contribution in [-0.2, 0) is 4.79 Å². The molecule has 0 aromatic heterocycles. The van der Waals surface area contributed by atoms with Gasteiger partial charge in [0.15, 0.2) is 18.1 Å².